The van der Waals surface area contributed by atoms with Crippen LogP contribution < -0.4 is 0 Å². The molecule has 0 unspecified atom stereocenters. The van der Waals surface area contributed by atoms with Crippen molar-refractivity contribution >= 4 is 5.91 Å². The topological polar surface area (TPSA) is 52.2 Å². The molecule has 29 heavy (non-hydrogen) atoms. The fraction of sp³-hybridized carbons (Fsp3) is 0.833. The molecule has 1 saturated carbocycles. The van der Waals surface area contributed by atoms with Crippen LogP contribution in [0.4, 0.5) is 0 Å². The standard InChI is InChI=1S/C24H36N4O/c29-24(11-10-21-19-4-1-2-5-20(19)25-26-21)27-13-16-12-18(15-27)23-7-3-6-22(17-8-9-17)28(23)14-16/h16-18,22-23H,1-15H2,(H,25,26)/t16-,18+,22+,23-/m0/s1. The first-order valence-electron chi connectivity index (χ1n) is 12.3. The first kappa shape index (κ1) is 18.4. The predicted octanol–water partition coefficient (Wildman–Crippen LogP) is 3.33. The predicted molar refractivity (Wildman–Crippen MR) is 113 cm³/mol. The van der Waals surface area contributed by atoms with E-state index in [1.165, 1.54) is 69.2 Å². The Balaban J connectivity index is 1.09. The van der Waals surface area contributed by atoms with E-state index in [2.05, 4.69) is 20.0 Å². The highest BCUT2D eigenvalue weighted by atomic mass is 16.2. The molecule has 3 aliphatic heterocycles. The molecule has 2 bridgehead atoms. The van der Waals surface area contributed by atoms with E-state index in [-0.39, 0.29) is 0 Å². The number of fused-ring (bicyclic) bond motifs is 5. The van der Waals surface area contributed by atoms with Crippen molar-refractivity contribution in [1.29, 1.82) is 0 Å². The second kappa shape index (κ2) is 7.40. The Bertz CT molecular complexity index is 769. The number of aromatic nitrogens is 2. The molecular formula is C24H36N4O. The number of aromatic amines is 1. The molecule has 158 valence electrons. The number of aryl methyl sites for hydroxylation is 2. The number of carbonyl (C=O) groups is 1. The minimum absolute atomic E-state index is 0.371. The fourth-order valence-corrected chi connectivity index (χ4v) is 7.18. The summed E-state index contributed by atoms with van der Waals surface area (Å²) in [6, 6.07) is 1.62. The maximum atomic E-state index is 13.1. The number of piperidine rings is 3. The highest BCUT2D eigenvalue weighted by molar-refractivity contribution is 5.76. The summed E-state index contributed by atoms with van der Waals surface area (Å²) in [5.74, 6) is 2.78. The number of rotatable bonds is 4. The van der Waals surface area contributed by atoms with E-state index in [0.717, 1.165) is 56.0 Å². The third-order valence-corrected chi connectivity index (χ3v) is 8.67. The zero-order valence-electron chi connectivity index (χ0n) is 17.7. The molecule has 4 fully saturated rings. The summed E-state index contributed by atoms with van der Waals surface area (Å²) in [7, 11) is 0. The van der Waals surface area contributed by atoms with Crippen molar-refractivity contribution in [1.82, 2.24) is 20.0 Å². The summed E-state index contributed by atoms with van der Waals surface area (Å²) >= 11 is 0. The summed E-state index contributed by atoms with van der Waals surface area (Å²) in [6.07, 6.45) is 14.7. The zero-order valence-corrected chi connectivity index (χ0v) is 17.7. The Hall–Kier alpha value is -1.36. The summed E-state index contributed by atoms with van der Waals surface area (Å²) in [4.78, 5) is 18.3. The maximum absolute atomic E-state index is 13.1. The molecule has 0 spiro atoms. The largest absolute Gasteiger partial charge is 0.342 e. The van der Waals surface area contributed by atoms with Gasteiger partial charge >= 0.3 is 0 Å². The zero-order chi connectivity index (χ0) is 19.4. The third-order valence-electron chi connectivity index (χ3n) is 8.67. The molecule has 0 radical (unpaired) electrons. The Morgan fingerprint density at radius 2 is 1.79 bits per heavy atom. The molecule has 6 rings (SSSR count). The van der Waals surface area contributed by atoms with E-state index < -0.39 is 0 Å². The molecule has 4 heterocycles. The van der Waals surface area contributed by atoms with E-state index in [1.807, 2.05) is 0 Å². The number of hydrogen-bond acceptors (Lipinski definition) is 3. The maximum Gasteiger partial charge on any atom is 0.222 e. The number of hydrogen-bond donors (Lipinski definition) is 1. The normalized spacial score (nSPS) is 34.6. The first-order chi connectivity index (χ1) is 14.3. The molecule has 0 aromatic carbocycles. The molecule has 1 amide bonds. The van der Waals surface area contributed by atoms with Gasteiger partial charge < -0.3 is 4.90 Å². The number of nitrogens with one attached hydrogen (secondary N) is 1. The monoisotopic (exact) mass is 396 g/mol. The molecule has 5 heteroatoms. The highest BCUT2D eigenvalue weighted by Crippen LogP contribution is 2.46. The van der Waals surface area contributed by atoms with Gasteiger partial charge in [0.1, 0.15) is 0 Å². The Morgan fingerprint density at radius 3 is 2.66 bits per heavy atom. The van der Waals surface area contributed by atoms with Gasteiger partial charge in [-0.05, 0) is 81.1 Å². The highest BCUT2D eigenvalue weighted by Gasteiger charge is 2.48. The van der Waals surface area contributed by atoms with Crippen LogP contribution in [0.3, 0.4) is 0 Å². The Kier molecular flexibility index (Phi) is 4.70. The average molecular weight is 397 g/mol. The van der Waals surface area contributed by atoms with Gasteiger partial charge in [-0.25, -0.2) is 0 Å². The molecule has 5 nitrogen and oxygen atoms in total. The van der Waals surface area contributed by atoms with Crippen molar-refractivity contribution < 1.29 is 4.79 Å². The number of amides is 1. The van der Waals surface area contributed by atoms with Crippen molar-refractivity contribution in [3.8, 4) is 0 Å². The lowest BCUT2D eigenvalue weighted by molar-refractivity contribution is -0.139. The third kappa shape index (κ3) is 3.43. The van der Waals surface area contributed by atoms with Gasteiger partial charge in [0, 0.05) is 50.3 Å². The molecule has 1 aromatic heterocycles. The minimum Gasteiger partial charge on any atom is -0.342 e. The van der Waals surface area contributed by atoms with Gasteiger partial charge in [-0.2, -0.15) is 5.10 Å². The molecule has 4 atom stereocenters. The van der Waals surface area contributed by atoms with Crippen LogP contribution in [0.1, 0.15) is 74.7 Å². The van der Waals surface area contributed by atoms with Gasteiger partial charge in [0.2, 0.25) is 5.91 Å². The minimum atomic E-state index is 0.371. The second-order valence-corrected chi connectivity index (χ2v) is 10.6. The van der Waals surface area contributed by atoms with Crippen LogP contribution in [-0.2, 0) is 24.1 Å². The Labute approximate surface area is 174 Å². The van der Waals surface area contributed by atoms with Gasteiger partial charge in [-0.15, -0.1) is 0 Å². The summed E-state index contributed by atoms with van der Waals surface area (Å²) in [5.41, 5.74) is 3.91. The quantitative estimate of drug-likeness (QED) is 0.849. The fourth-order valence-electron chi connectivity index (χ4n) is 7.18. The number of likely N-dealkylation sites (tertiary alicyclic amines) is 1. The van der Waals surface area contributed by atoms with E-state index >= 15 is 0 Å². The number of carbonyl (C=O) groups excluding carboxylic acids is 1. The van der Waals surface area contributed by atoms with Crippen molar-refractivity contribution in [2.45, 2.75) is 89.1 Å². The summed E-state index contributed by atoms with van der Waals surface area (Å²) in [5, 5.41) is 7.79. The van der Waals surface area contributed by atoms with E-state index in [1.54, 1.807) is 0 Å². The molecular weight excluding hydrogens is 360 g/mol. The van der Waals surface area contributed by atoms with E-state index in [4.69, 9.17) is 0 Å². The lowest BCUT2D eigenvalue weighted by Crippen LogP contribution is -2.62. The van der Waals surface area contributed by atoms with Gasteiger partial charge in [0.05, 0.1) is 5.69 Å². The molecule has 5 aliphatic rings. The Morgan fingerprint density at radius 1 is 0.966 bits per heavy atom. The molecule has 1 aromatic rings. The van der Waals surface area contributed by atoms with E-state index in [0.29, 0.717) is 24.2 Å². The van der Waals surface area contributed by atoms with Crippen LogP contribution in [0.2, 0.25) is 0 Å². The van der Waals surface area contributed by atoms with Crippen LogP contribution in [-0.4, -0.2) is 57.6 Å². The molecule has 1 N–H and O–H groups in total. The summed E-state index contributed by atoms with van der Waals surface area (Å²) in [6.45, 7) is 3.25. The molecule has 2 aliphatic carbocycles. The van der Waals surface area contributed by atoms with Crippen LogP contribution in [0, 0.1) is 17.8 Å². The van der Waals surface area contributed by atoms with Crippen molar-refractivity contribution in [2.24, 2.45) is 17.8 Å². The summed E-state index contributed by atoms with van der Waals surface area (Å²) < 4.78 is 0. The number of H-pyrrole nitrogens is 1. The average Bonchev–Trinajstić information content (AvgIpc) is 3.51. The number of nitrogens with zero attached hydrogens (tertiary/aromatic N) is 3. The van der Waals surface area contributed by atoms with Gasteiger partial charge in [-0.3, -0.25) is 14.8 Å². The molecule has 3 saturated heterocycles. The van der Waals surface area contributed by atoms with Crippen molar-refractivity contribution in [2.75, 3.05) is 19.6 Å². The second-order valence-electron chi connectivity index (χ2n) is 10.6. The van der Waals surface area contributed by atoms with Crippen molar-refractivity contribution in [3.05, 3.63) is 17.0 Å². The first-order valence-corrected chi connectivity index (χ1v) is 12.3. The van der Waals surface area contributed by atoms with Gasteiger partial charge in [0.25, 0.3) is 0 Å². The lowest BCUT2D eigenvalue weighted by Gasteiger charge is -2.55. The van der Waals surface area contributed by atoms with Crippen LogP contribution in [0.15, 0.2) is 0 Å². The van der Waals surface area contributed by atoms with Crippen LogP contribution in [0.25, 0.3) is 0 Å². The smallest absolute Gasteiger partial charge is 0.222 e. The van der Waals surface area contributed by atoms with E-state index in [9.17, 15) is 4.79 Å². The van der Waals surface area contributed by atoms with Crippen LogP contribution in [0.5, 0.6) is 0 Å². The van der Waals surface area contributed by atoms with Crippen LogP contribution >= 0.6 is 0 Å². The SMILES string of the molecule is O=C(CCc1n[nH]c2c1CCCC2)N1C[C@@H]2C[C@H](C1)[C@@H]1CCC[C@H](C3CC3)N1C2. The lowest BCUT2D eigenvalue weighted by atomic mass is 9.74. The van der Waals surface area contributed by atoms with Crippen molar-refractivity contribution in [3.63, 3.8) is 0 Å². The van der Waals surface area contributed by atoms with Gasteiger partial charge in [0.15, 0.2) is 0 Å². The van der Waals surface area contributed by atoms with Gasteiger partial charge in [-0.1, -0.05) is 6.42 Å².